The molecule has 4 aromatic rings. The van der Waals surface area contributed by atoms with Crippen molar-refractivity contribution in [3.05, 3.63) is 94.7 Å². The molecule has 160 valence electrons. The van der Waals surface area contributed by atoms with E-state index in [1.165, 1.54) is 13.3 Å². The molecule has 4 rings (SSSR count). The number of halogens is 1. The number of hydrogen-bond acceptors (Lipinski definition) is 5. The molecule has 0 unspecified atom stereocenters. The molecule has 32 heavy (non-hydrogen) atoms. The Kier molecular flexibility index (Phi) is 6.33. The van der Waals surface area contributed by atoms with Crippen LogP contribution in [0.4, 0.5) is 0 Å². The van der Waals surface area contributed by atoms with Crippen LogP contribution < -0.4 is 5.43 Å². The Hall–Kier alpha value is -3.90. The van der Waals surface area contributed by atoms with Gasteiger partial charge < -0.3 is 9.15 Å². The quantitative estimate of drug-likeness (QED) is 0.250. The first-order valence-electron chi connectivity index (χ1n) is 9.82. The van der Waals surface area contributed by atoms with Crippen LogP contribution in [0.15, 0.2) is 82.3 Å². The van der Waals surface area contributed by atoms with Crippen molar-refractivity contribution >= 4 is 40.5 Å². The molecular weight excluding hydrogens is 428 g/mol. The van der Waals surface area contributed by atoms with Crippen LogP contribution in [0.25, 0.3) is 22.1 Å². The van der Waals surface area contributed by atoms with Gasteiger partial charge in [-0.05, 0) is 46.7 Å². The lowest BCUT2D eigenvalue weighted by atomic mass is 10.0. The fourth-order valence-electron chi connectivity index (χ4n) is 3.35. The van der Waals surface area contributed by atoms with Gasteiger partial charge in [0, 0.05) is 5.56 Å². The fraction of sp³-hybridized carbons (Fsp3) is 0.0800. The minimum atomic E-state index is -0.529. The van der Waals surface area contributed by atoms with Crippen molar-refractivity contribution in [2.45, 2.75) is 6.42 Å². The second kappa shape index (κ2) is 9.49. The van der Waals surface area contributed by atoms with Gasteiger partial charge in [0.15, 0.2) is 0 Å². The number of amides is 1. The number of hydrogen-bond donors (Lipinski definition) is 1. The lowest BCUT2D eigenvalue weighted by Gasteiger charge is -2.05. The summed E-state index contributed by atoms with van der Waals surface area (Å²) in [6, 6.07) is 22.2. The number of rotatable bonds is 6. The highest BCUT2D eigenvalue weighted by molar-refractivity contribution is 6.33. The number of nitrogens with zero attached hydrogens (tertiary/aromatic N) is 1. The number of methoxy groups -OCH3 is 1. The normalized spacial score (nSPS) is 11.1. The molecule has 0 atom stereocenters. The molecule has 0 aliphatic carbocycles. The molecule has 1 N–H and O–H groups in total. The first-order valence-corrected chi connectivity index (χ1v) is 10.2. The molecule has 0 radical (unpaired) electrons. The van der Waals surface area contributed by atoms with Gasteiger partial charge in [-0.25, -0.2) is 10.2 Å². The SMILES string of the molecule is COC(=O)c1cc(-c2ccc(/C=N\NC(=O)Cc3cccc4ccccc34)o2)ccc1Cl. The van der Waals surface area contributed by atoms with E-state index in [0.29, 0.717) is 22.1 Å². The van der Waals surface area contributed by atoms with Gasteiger partial charge in [0.05, 0.1) is 30.3 Å². The summed E-state index contributed by atoms with van der Waals surface area (Å²) >= 11 is 6.06. The van der Waals surface area contributed by atoms with E-state index in [2.05, 4.69) is 10.5 Å². The van der Waals surface area contributed by atoms with Gasteiger partial charge in [-0.2, -0.15) is 5.10 Å². The number of furan rings is 1. The number of benzene rings is 3. The average Bonchev–Trinajstić information content (AvgIpc) is 3.28. The van der Waals surface area contributed by atoms with E-state index in [1.807, 2.05) is 42.5 Å². The molecule has 0 saturated carbocycles. The van der Waals surface area contributed by atoms with Crippen LogP contribution in [0.2, 0.25) is 5.02 Å². The van der Waals surface area contributed by atoms with Crippen LogP contribution >= 0.6 is 11.6 Å². The lowest BCUT2D eigenvalue weighted by Crippen LogP contribution is -2.19. The summed E-state index contributed by atoms with van der Waals surface area (Å²) in [6.45, 7) is 0. The summed E-state index contributed by atoms with van der Waals surface area (Å²) < 4.78 is 10.5. The lowest BCUT2D eigenvalue weighted by molar-refractivity contribution is -0.120. The Labute approximate surface area is 189 Å². The van der Waals surface area contributed by atoms with Crippen molar-refractivity contribution in [2.75, 3.05) is 7.11 Å². The fourth-order valence-corrected chi connectivity index (χ4v) is 3.54. The highest BCUT2D eigenvalue weighted by Crippen LogP contribution is 2.27. The maximum absolute atomic E-state index is 12.3. The Morgan fingerprint density at radius 3 is 2.72 bits per heavy atom. The zero-order valence-electron chi connectivity index (χ0n) is 17.2. The van der Waals surface area contributed by atoms with E-state index < -0.39 is 5.97 Å². The number of hydrazone groups is 1. The Morgan fingerprint density at radius 2 is 1.88 bits per heavy atom. The number of esters is 1. The molecule has 0 bridgehead atoms. The summed E-state index contributed by atoms with van der Waals surface area (Å²) in [5.41, 5.74) is 4.37. The van der Waals surface area contributed by atoms with Gasteiger partial charge >= 0.3 is 5.97 Å². The molecule has 0 fully saturated rings. The summed E-state index contributed by atoms with van der Waals surface area (Å²) in [5.74, 6) is 0.208. The van der Waals surface area contributed by atoms with E-state index in [0.717, 1.165) is 16.3 Å². The zero-order valence-corrected chi connectivity index (χ0v) is 17.9. The first-order chi connectivity index (χ1) is 15.5. The number of carbonyl (C=O) groups is 2. The van der Waals surface area contributed by atoms with Crippen LogP contribution in [-0.4, -0.2) is 25.2 Å². The standard InChI is InChI=1S/C25H19ClN2O4/c1-31-25(30)21-13-18(9-11-22(21)26)23-12-10-19(32-23)15-27-28-24(29)14-17-7-4-6-16-5-2-3-8-20(16)17/h2-13,15H,14H2,1H3,(H,28,29)/b27-15-. The Morgan fingerprint density at radius 1 is 1.06 bits per heavy atom. The predicted molar refractivity (Wildman–Crippen MR) is 124 cm³/mol. The molecule has 1 heterocycles. The Bertz CT molecular complexity index is 1320. The van der Waals surface area contributed by atoms with Crippen LogP contribution in [0, 0.1) is 0 Å². The maximum Gasteiger partial charge on any atom is 0.339 e. The molecule has 0 saturated heterocycles. The molecule has 0 aliphatic heterocycles. The summed E-state index contributed by atoms with van der Waals surface area (Å²) in [7, 11) is 1.29. The van der Waals surface area contributed by atoms with E-state index in [-0.39, 0.29) is 17.9 Å². The number of ether oxygens (including phenoxy) is 1. The largest absolute Gasteiger partial charge is 0.465 e. The van der Waals surface area contributed by atoms with E-state index in [9.17, 15) is 9.59 Å². The summed E-state index contributed by atoms with van der Waals surface area (Å²) in [5, 5.41) is 6.40. The molecule has 7 heteroatoms. The van der Waals surface area contributed by atoms with Gasteiger partial charge in [-0.3, -0.25) is 4.79 Å². The molecule has 0 spiro atoms. The maximum atomic E-state index is 12.3. The van der Waals surface area contributed by atoms with Crippen molar-refractivity contribution in [1.29, 1.82) is 0 Å². The average molecular weight is 447 g/mol. The number of nitrogens with one attached hydrogen (secondary N) is 1. The van der Waals surface area contributed by atoms with Crippen LogP contribution in [-0.2, 0) is 16.0 Å². The molecule has 0 aliphatic rings. The third-order valence-corrected chi connectivity index (χ3v) is 5.22. The van der Waals surface area contributed by atoms with Gasteiger partial charge in [-0.1, -0.05) is 54.1 Å². The number of carbonyl (C=O) groups excluding carboxylic acids is 2. The third-order valence-electron chi connectivity index (χ3n) is 4.89. The smallest absolute Gasteiger partial charge is 0.339 e. The van der Waals surface area contributed by atoms with Crippen molar-refractivity contribution in [1.82, 2.24) is 5.43 Å². The highest BCUT2D eigenvalue weighted by atomic mass is 35.5. The minimum Gasteiger partial charge on any atom is -0.465 e. The van der Waals surface area contributed by atoms with Gasteiger partial charge in [0.25, 0.3) is 0 Å². The van der Waals surface area contributed by atoms with E-state index >= 15 is 0 Å². The topological polar surface area (TPSA) is 80.9 Å². The third kappa shape index (κ3) is 4.71. The van der Waals surface area contributed by atoms with Crippen molar-refractivity contribution in [3.8, 4) is 11.3 Å². The van der Waals surface area contributed by atoms with E-state index in [4.69, 9.17) is 20.8 Å². The molecular formula is C25H19ClN2O4. The second-order valence-corrected chi connectivity index (χ2v) is 7.40. The second-order valence-electron chi connectivity index (χ2n) is 7.00. The van der Waals surface area contributed by atoms with Gasteiger partial charge in [-0.15, -0.1) is 0 Å². The predicted octanol–water partition coefficient (Wildman–Crippen LogP) is 5.23. The Balaban J connectivity index is 1.42. The summed E-state index contributed by atoms with van der Waals surface area (Å²) in [6.07, 6.45) is 1.63. The van der Waals surface area contributed by atoms with Crippen LogP contribution in [0.3, 0.4) is 0 Å². The molecule has 3 aromatic carbocycles. The zero-order chi connectivity index (χ0) is 22.5. The highest BCUT2D eigenvalue weighted by Gasteiger charge is 2.14. The molecule has 6 nitrogen and oxygen atoms in total. The molecule has 1 aromatic heterocycles. The molecule has 1 amide bonds. The monoisotopic (exact) mass is 446 g/mol. The van der Waals surface area contributed by atoms with Gasteiger partial charge in [0.2, 0.25) is 5.91 Å². The van der Waals surface area contributed by atoms with Crippen molar-refractivity contribution in [2.24, 2.45) is 5.10 Å². The summed E-state index contributed by atoms with van der Waals surface area (Å²) in [4.78, 5) is 24.2. The van der Waals surface area contributed by atoms with Gasteiger partial charge in [0.1, 0.15) is 11.5 Å². The van der Waals surface area contributed by atoms with Crippen LogP contribution in [0.1, 0.15) is 21.7 Å². The minimum absolute atomic E-state index is 0.211. The first kappa shape index (κ1) is 21.3. The van der Waals surface area contributed by atoms with Crippen molar-refractivity contribution < 1.29 is 18.7 Å². The number of fused-ring (bicyclic) bond motifs is 1. The van der Waals surface area contributed by atoms with Crippen molar-refractivity contribution in [3.63, 3.8) is 0 Å². The van der Waals surface area contributed by atoms with E-state index in [1.54, 1.807) is 30.3 Å². The van der Waals surface area contributed by atoms with Crippen LogP contribution in [0.5, 0.6) is 0 Å².